The largest absolute Gasteiger partial charge is 0.497 e. The van der Waals surface area contributed by atoms with Crippen molar-refractivity contribution in [2.75, 3.05) is 20.0 Å². The summed E-state index contributed by atoms with van der Waals surface area (Å²) < 4.78 is 10.5. The van der Waals surface area contributed by atoms with Crippen molar-refractivity contribution in [1.29, 1.82) is 0 Å². The Balaban J connectivity index is 2.75. The zero-order valence-corrected chi connectivity index (χ0v) is 12.6. The molecule has 0 aliphatic rings. The van der Waals surface area contributed by atoms with E-state index in [1.54, 1.807) is 20.3 Å². The van der Waals surface area contributed by atoms with E-state index in [0.29, 0.717) is 18.1 Å². The molecule has 0 aliphatic heterocycles. The minimum Gasteiger partial charge on any atom is -0.497 e. The molecule has 110 valence electrons. The lowest BCUT2D eigenvalue weighted by Gasteiger charge is -2.12. The van der Waals surface area contributed by atoms with E-state index in [1.165, 1.54) is 6.20 Å². The van der Waals surface area contributed by atoms with Crippen LogP contribution < -0.4 is 26.3 Å². The highest BCUT2D eigenvalue weighted by Crippen LogP contribution is 2.24. The molecule has 1 aromatic rings. The molecule has 20 heavy (non-hydrogen) atoms. The first-order valence-corrected chi connectivity index (χ1v) is 6.71. The summed E-state index contributed by atoms with van der Waals surface area (Å²) >= 11 is 4.15. The zero-order valence-electron chi connectivity index (χ0n) is 11.7. The first-order valence-electron chi connectivity index (χ1n) is 6.08. The van der Waals surface area contributed by atoms with Gasteiger partial charge < -0.3 is 26.3 Å². The third-order valence-corrected chi connectivity index (χ3v) is 3.08. The number of allylic oxidation sites excluding steroid dienone is 1. The van der Waals surface area contributed by atoms with Crippen molar-refractivity contribution in [3.63, 3.8) is 0 Å². The Morgan fingerprint density at radius 2 is 2.10 bits per heavy atom. The molecule has 6 heteroatoms. The number of rotatable bonds is 7. The van der Waals surface area contributed by atoms with Gasteiger partial charge in [-0.1, -0.05) is 0 Å². The minimum atomic E-state index is 0.522. The first-order chi connectivity index (χ1) is 9.64. The molecular weight excluding hydrogens is 274 g/mol. The molecule has 0 heterocycles. The quantitative estimate of drug-likeness (QED) is 0.451. The van der Waals surface area contributed by atoms with Gasteiger partial charge in [0.15, 0.2) is 0 Å². The fourth-order valence-corrected chi connectivity index (χ4v) is 1.79. The maximum atomic E-state index is 5.88. The van der Waals surface area contributed by atoms with Crippen LogP contribution in [0.15, 0.2) is 41.9 Å². The van der Waals surface area contributed by atoms with Gasteiger partial charge in [-0.15, -0.1) is 0 Å². The van der Waals surface area contributed by atoms with Crippen molar-refractivity contribution in [2.24, 2.45) is 11.5 Å². The maximum Gasteiger partial charge on any atom is 0.127 e. The van der Waals surface area contributed by atoms with Crippen LogP contribution in [0.5, 0.6) is 11.5 Å². The van der Waals surface area contributed by atoms with E-state index in [1.807, 2.05) is 18.2 Å². The minimum absolute atomic E-state index is 0.522. The smallest absolute Gasteiger partial charge is 0.127 e. The number of nitrogens with two attached hydrogens (primary N) is 2. The van der Waals surface area contributed by atoms with Crippen molar-refractivity contribution in [3.8, 4) is 11.5 Å². The van der Waals surface area contributed by atoms with Gasteiger partial charge in [0.1, 0.15) is 11.5 Å². The number of thiol groups is 1. The van der Waals surface area contributed by atoms with Gasteiger partial charge in [-0.3, -0.25) is 0 Å². The van der Waals surface area contributed by atoms with Crippen LogP contribution >= 0.6 is 12.6 Å². The summed E-state index contributed by atoms with van der Waals surface area (Å²) in [7, 11) is 3.24. The third-order valence-electron chi connectivity index (χ3n) is 2.71. The highest BCUT2D eigenvalue weighted by Gasteiger charge is 2.05. The standard InChI is InChI=1S/C14H21N3O2S/c1-18-12-4-3-11(13(6-12)19-2)8-17-14(16)5-10(7-15)9-20/h3-7,17,20H,8-9,15-16H2,1-2H3/b10-7+,14-5+. The van der Waals surface area contributed by atoms with Crippen molar-refractivity contribution in [2.45, 2.75) is 6.54 Å². The van der Waals surface area contributed by atoms with Crippen LogP contribution in [0.3, 0.4) is 0 Å². The highest BCUT2D eigenvalue weighted by molar-refractivity contribution is 7.80. The number of methoxy groups -OCH3 is 2. The molecule has 5 N–H and O–H groups in total. The van der Waals surface area contributed by atoms with Crippen molar-refractivity contribution in [1.82, 2.24) is 5.32 Å². The molecule has 0 saturated heterocycles. The second kappa shape index (κ2) is 8.27. The number of nitrogens with one attached hydrogen (secondary N) is 1. The Bertz CT molecular complexity index is 501. The Kier molecular flexibility index (Phi) is 6.66. The van der Waals surface area contributed by atoms with Crippen LogP contribution in [0, 0.1) is 0 Å². The Morgan fingerprint density at radius 3 is 2.65 bits per heavy atom. The molecule has 5 nitrogen and oxygen atoms in total. The molecule has 0 amide bonds. The van der Waals surface area contributed by atoms with Gasteiger partial charge in [0.2, 0.25) is 0 Å². The molecule has 1 rings (SSSR count). The predicted molar refractivity (Wildman–Crippen MR) is 84.8 cm³/mol. The van der Waals surface area contributed by atoms with E-state index in [-0.39, 0.29) is 0 Å². The van der Waals surface area contributed by atoms with Gasteiger partial charge in [-0.25, -0.2) is 0 Å². The van der Waals surface area contributed by atoms with E-state index in [4.69, 9.17) is 20.9 Å². The summed E-state index contributed by atoms with van der Waals surface area (Å²) in [5.41, 5.74) is 13.1. The van der Waals surface area contributed by atoms with E-state index >= 15 is 0 Å². The number of benzene rings is 1. The van der Waals surface area contributed by atoms with E-state index in [9.17, 15) is 0 Å². The summed E-state index contributed by atoms with van der Waals surface area (Å²) in [5, 5.41) is 3.10. The SMILES string of the molecule is COc1ccc(CN/C(N)=C/C(=C\N)CS)c(OC)c1. The average molecular weight is 295 g/mol. The Hall–Kier alpha value is -1.95. The van der Waals surface area contributed by atoms with Crippen molar-refractivity contribution in [3.05, 3.63) is 47.4 Å². The lowest BCUT2D eigenvalue weighted by molar-refractivity contribution is 0.390. The second-order valence-corrected chi connectivity index (χ2v) is 4.35. The monoisotopic (exact) mass is 295 g/mol. The molecule has 0 radical (unpaired) electrons. The van der Waals surface area contributed by atoms with Gasteiger partial charge >= 0.3 is 0 Å². The fraction of sp³-hybridized carbons (Fsp3) is 0.286. The van der Waals surface area contributed by atoms with E-state index in [0.717, 1.165) is 22.6 Å². The van der Waals surface area contributed by atoms with Crippen LogP contribution in [0.1, 0.15) is 5.56 Å². The zero-order chi connectivity index (χ0) is 15.0. The first kappa shape index (κ1) is 16.1. The Morgan fingerprint density at radius 1 is 1.35 bits per heavy atom. The van der Waals surface area contributed by atoms with Gasteiger partial charge in [-0.2, -0.15) is 12.6 Å². The molecule has 0 aromatic heterocycles. The lowest BCUT2D eigenvalue weighted by atomic mass is 10.2. The van der Waals surface area contributed by atoms with Crippen LogP contribution in [0.25, 0.3) is 0 Å². The van der Waals surface area contributed by atoms with Crippen LogP contribution in [-0.2, 0) is 6.54 Å². The molecule has 0 bridgehead atoms. The summed E-state index contributed by atoms with van der Waals surface area (Å²) in [6.45, 7) is 0.542. The molecule has 0 aliphatic carbocycles. The van der Waals surface area contributed by atoms with Crippen molar-refractivity contribution < 1.29 is 9.47 Å². The molecule has 0 spiro atoms. The number of hydrogen-bond donors (Lipinski definition) is 4. The maximum absolute atomic E-state index is 5.88. The molecule has 0 unspecified atom stereocenters. The predicted octanol–water partition coefficient (Wildman–Crippen LogP) is 1.37. The van der Waals surface area contributed by atoms with Gasteiger partial charge in [0, 0.05) is 23.9 Å². The molecule has 0 fully saturated rings. The number of ether oxygens (including phenoxy) is 2. The topological polar surface area (TPSA) is 82.5 Å². The second-order valence-electron chi connectivity index (χ2n) is 4.03. The summed E-state index contributed by atoms with van der Waals surface area (Å²) in [6, 6.07) is 5.63. The summed E-state index contributed by atoms with van der Waals surface area (Å²) in [6.07, 6.45) is 3.23. The summed E-state index contributed by atoms with van der Waals surface area (Å²) in [4.78, 5) is 0. The third kappa shape index (κ3) is 4.62. The van der Waals surface area contributed by atoms with E-state index in [2.05, 4.69) is 17.9 Å². The van der Waals surface area contributed by atoms with Crippen molar-refractivity contribution >= 4 is 12.6 Å². The van der Waals surface area contributed by atoms with Crippen LogP contribution in [0.4, 0.5) is 0 Å². The number of hydrogen-bond acceptors (Lipinski definition) is 6. The van der Waals surface area contributed by atoms with Crippen LogP contribution in [-0.4, -0.2) is 20.0 Å². The molecule has 1 aromatic carbocycles. The molecule has 0 atom stereocenters. The van der Waals surface area contributed by atoms with E-state index < -0.39 is 0 Å². The molecule has 0 saturated carbocycles. The van der Waals surface area contributed by atoms with Gasteiger partial charge in [0.05, 0.1) is 20.0 Å². The lowest BCUT2D eigenvalue weighted by Crippen LogP contribution is -2.20. The van der Waals surface area contributed by atoms with Gasteiger partial charge in [0.25, 0.3) is 0 Å². The normalized spacial score (nSPS) is 12.2. The molecular formula is C14H21N3O2S. The highest BCUT2D eigenvalue weighted by atomic mass is 32.1. The fourth-order valence-electron chi connectivity index (χ4n) is 1.59. The Labute approximate surface area is 125 Å². The van der Waals surface area contributed by atoms with Crippen LogP contribution in [0.2, 0.25) is 0 Å². The summed E-state index contributed by atoms with van der Waals surface area (Å²) in [5.74, 6) is 2.55. The van der Waals surface area contributed by atoms with Gasteiger partial charge in [-0.05, 0) is 30.0 Å². The average Bonchev–Trinajstić information content (AvgIpc) is 2.50.